The Morgan fingerprint density at radius 1 is 0.700 bits per heavy atom. The van der Waals surface area contributed by atoms with Gasteiger partial charge in [0.1, 0.15) is 48.5 Å². The van der Waals surface area contributed by atoms with Crippen LogP contribution in [0.15, 0.2) is 0 Å². The van der Waals surface area contributed by atoms with E-state index in [0.717, 1.165) is 0 Å². The van der Waals surface area contributed by atoms with Crippen molar-refractivity contribution in [2.24, 2.45) is 0 Å². The molecule has 0 aromatic carbocycles. The van der Waals surface area contributed by atoms with Crippen LogP contribution in [0, 0.1) is 0 Å². The zero-order chi connectivity index (χ0) is 29.8. The van der Waals surface area contributed by atoms with Crippen LogP contribution in [-0.2, 0) is 28.5 Å². The molecule has 1 amide bonds. The van der Waals surface area contributed by atoms with E-state index in [2.05, 4.69) is 0 Å². The van der Waals surface area contributed by atoms with Gasteiger partial charge in [-0.15, -0.1) is 0 Å². The third kappa shape index (κ3) is 10.5. The van der Waals surface area contributed by atoms with Crippen molar-refractivity contribution in [3.05, 3.63) is 0 Å². The molecule has 0 aromatic heterocycles. The first-order valence-electron chi connectivity index (χ1n) is 14.0. The van der Waals surface area contributed by atoms with Gasteiger partial charge in [0.2, 0.25) is 5.91 Å². The van der Waals surface area contributed by atoms with Gasteiger partial charge in [-0.05, 0) is 46.0 Å². The number of hydrogen-bond donors (Lipinski definition) is 7. The molecule has 2 aliphatic heterocycles. The van der Waals surface area contributed by atoms with Gasteiger partial charge >= 0.3 is 0 Å². The minimum Gasteiger partial charge on any atom is -0.394 e. The van der Waals surface area contributed by atoms with Gasteiger partial charge in [0.15, 0.2) is 12.6 Å². The summed E-state index contributed by atoms with van der Waals surface area (Å²) in [6, 6.07) is 0. The van der Waals surface area contributed by atoms with Crippen LogP contribution in [0.2, 0.25) is 0 Å². The zero-order valence-electron chi connectivity index (χ0n) is 23.3. The monoisotopic (exact) mass is 581 g/mol. The van der Waals surface area contributed by atoms with Crippen molar-refractivity contribution in [1.29, 1.82) is 0 Å². The molecular weight excluding hydrogens is 534 g/mol. The Labute approximate surface area is 234 Å². The lowest BCUT2D eigenvalue weighted by molar-refractivity contribution is -0.301. The Kier molecular flexibility index (Phi) is 15.4. The molecule has 14 nitrogen and oxygen atoms in total. The second-order valence-electron chi connectivity index (χ2n) is 10.5. The molecule has 10 atom stereocenters. The molecule has 14 heteroatoms. The number of carbonyl (C=O) groups excluding carboxylic acids is 2. The Balaban J connectivity index is 1.80. The van der Waals surface area contributed by atoms with Gasteiger partial charge in [-0.2, -0.15) is 0 Å². The number of hydrogen-bond acceptors (Lipinski definition) is 13. The largest absolute Gasteiger partial charge is 0.394 e. The van der Waals surface area contributed by atoms with Gasteiger partial charge < -0.3 is 64.4 Å². The first-order valence-corrected chi connectivity index (χ1v) is 14.0. The smallest absolute Gasteiger partial charge is 0.222 e. The molecule has 2 heterocycles. The van der Waals surface area contributed by atoms with Gasteiger partial charge in [0.05, 0.1) is 19.3 Å². The van der Waals surface area contributed by atoms with E-state index in [1.54, 1.807) is 11.8 Å². The summed E-state index contributed by atoms with van der Waals surface area (Å²) >= 11 is 0. The Morgan fingerprint density at radius 3 is 1.88 bits per heavy atom. The first kappa shape index (κ1) is 34.9. The van der Waals surface area contributed by atoms with E-state index >= 15 is 0 Å². The summed E-state index contributed by atoms with van der Waals surface area (Å²) in [7, 11) is 0. The topological polar surface area (TPSA) is 216 Å². The average Bonchev–Trinajstić information content (AvgIpc) is 2.92. The number of rotatable bonds is 17. The van der Waals surface area contributed by atoms with Crippen molar-refractivity contribution in [3.8, 4) is 0 Å². The molecule has 0 aliphatic carbocycles. The molecule has 0 spiro atoms. The molecule has 234 valence electrons. The minimum atomic E-state index is -1.54. The number of nitrogens with zero attached hydrogens (tertiary/aromatic N) is 1. The summed E-state index contributed by atoms with van der Waals surface area (Å²) in [5.41, 5.74) is 0. The third-order valence-corrected chi connectivity index (χ3v) is 7.14. The molecule has 2 fully saturated rings. The minimum absolute atomic E-state index is 0.0677. The molecule has 0 aromatic rings. The normalized spacial score (nSPS) is 34.5. The SMILES string of the molecule is CC(=O)CCCCC(=O)N(CCCCO[C@@H]1O[C@@H](C)[C@@H](O)[C@@H](O)[C@@H]1O)CCCO[C@H]1O[C@H](CO)[C@@H](O)[C@H](O)[C@@H]1O. The fourth-order valence-corrected chi connectivity index (χ4v) is 4.58. The first-order chi connectivity index (χ1) is 19.0. The van der Waals surface area contributed by atoms with Crippen LogP contribution >= 0.6 is 0 Å². The van der Waals surface area contributed by atoms with Gasteiger partial charge in [0, 0.05) is 32.5 Å². The summed E-state index contributed by atoms with van der Waals surface area (Å²) in [4.78, 5) is 25.7. The Hall–Kier alpha value is -1.30. The standard InChI is InChI=1S/C26H47NO13/c1-15(29)8-3-4-9-18(30)27(10-5-6-12-37-25-23(35)21(33)19(31)16(2)39-25)11-7-13-38-26-24(36)22(34)20(32)17(14-28)40-26/h16-17,19-26,28,31-36H,3-14H2,1-2H3/t16-,17+,19+,20+,21+,22-,23-,24-,25+,26-/m0/s1. The zero-order valence-corrected chi connectivity index (χ0v) is 23.3. The molecule has 40 heavy (non-hydrogen) atoms. The number of ketones is 1. The lowest BCUT2D eigenvalue weighted by atomic mass is 9.99. The second kappa shape index (κ2) is 17.6. The fraction of sp³-hybridized carbons (Fsp3) is 0.923. The van der Waals surface area contributed by atoms with E-state index in [0.29, 0.717) is 51.6 Å². The number of aliphatic hydroxyl groups excluding tert-OH is 7. The number of Topliss-reactive ketones (excluding diaryl/α,β-unsaturated/α-hetero) is 1. The predicted molar refractivity (Wildman–Crippen MR) is 138 cm³/mol. The van der Waals surface area contributed by atoms with E-state index in [-0.39, 0.29) is 31.3 Å². The summed E-state index contributed by atoms with van der Waals surface area (Å²) in [6.07, 6.45) is -9.26. The Morgan fingerprint density at radius 2 is 1.25 bits per heavy atom. The number of unbranched alkanes of at least 4 members (excludes halogenated alkanes) is 2. The van der Waals surface area contributed by atoms with Crippen LogP contribution in [0.1, 0.15) is 58.8 Å². The fourth-order valence-electron chi connectivity index (χ4n) is 4.58. The van der Waals surface area contributed by atoms with Crippen molar-refractivity contribution < 1.29 is 64.3 Å². The highest BCUT2D eigenvalue weighted by Gasteiger charge is 2.44. The average molecular weight is 582 g/mol. The molecular formula is C26H47NO13. The molecule has 2 rings (SSSR count). The number of amides is 1. The Bertz CT molecular complexity index is 756. The molecule has 2 aliphatic rings. The quantitative estimate of drug-likeness (QED) is 0.0909. The van der Waals surface area contributed by atoms with Gasteiger partial charge in [-0.3, -0.25) is 4.79 Å². The molecule has 0 unspecified atom stereocenters. The van der Waals surface area contributed by atoms with Crippen molar-refractivity contribution in [2.45, 2.75) is 120 Å². The predicted octanol–water partition coefficient (Wildman–Crippen LogP) is -2.20. The summed E-state index contributed by atoms with van der Waals surface area (Å²) in [5.74, 6) is -0.0209. The van der Waals surface area contributed by atoms with E-state index in [1.165, 1.54) is 6.92 Å². The number of carbonyl (C=O) groups is 2. The highest BCUT2D eigenvalue weighted by atomic mass is 16.7. The summed E-state index contributed by atoms with van der Waals surface area (Å²) in [5, 5.41) is 68.9. The maximum atomic E-state index is 12.9. The highest BCUT2D eigenvalue weighted by Crippen LogP contribution is 2.23. The lowest BCUT2D eigenvalue weighted by Gasteiger charge is -2.39. The van der Waals surface area contributed by atoms with Crippen molar-refractivity contribution in [2.75, 3.05) is 32.9 Å². The molecule has 0 radical (unpaired) electrons. The highest BCUT2D eigenvalue weighted by molar-refractivity contribution is 5.77. The van der Waals surface area contributed by atoms with Gasteiger partial charge in [-0.1, -0.05) is 0 Å². The van der Waals surface area contributed by atoms with Crippen LogP contribution in [0.4, 0.5) is 0 Å². The molecule has 0 bridgehead atoms. The van der Waals surface area contributed by atoms with Crippen LogP contribution in [-0.4, -0.2) is 147 Å². The van der Waals surface area contributed by atoms with E-state index in [1.807, 2.05) is 0 Å². The van der Waals surface area contributed by atoms with E-state index in [4.69, 9.17) is 18.9 Å². The van der Waals surface area contributed by atoms with E-state index in [9.17, 15) is 45.3 Å². The molecule has 0 saturated carbocycles. The second-order valence-corrected chi connectivity index (χ2v) is 10.5. The number of ether oxygens (including phenoxy) is 4. The van der Waals surface area contributed by atoms with Gasteiger partial charge in [0.25, 0.3) is 0 Å². The van der Waals surface area contributed by atoms with Crippen molar-refractivity contribution in [3.63, 3.8) is 0 Å². The summed E-state index contributed by atoms with van der Waals surface area (Å²) in [6.45, 7) is 3.51. The molecule has 2 saturated heterocycles. The van der Waals surface area contributed by atoms with Gasteiger partial charge in [-0.25, -0.2) is 0 Å². The van der Waals surface area contributed by atoms with Crippen molar-refractivity contribution in [1.82, 2.24) is 4.90 Å². The third-order valence-electron chi connectivity index (χ3n) is 7.14. The van der Waals surface area contributed by atoms with Crippen LogP contribution < -0.4 is 0 Å². The van der Waals surface area contributed by atoms with Crippen LogP contribution in [0.3, 0.4) is 0 Å². The van der Waals surface area contributed by atoms with Crippen LogP contribution in [0.5, 0.6) is 0 Å². The summed E-state index contributed by atoms with van der Waals surface area (Å²) < 4.78 is 21.8. The maximum absolute atomic E-state index is 12.9. The number of aliphatic hydroxyl groups is 7. The lowest BCUT2D eigenvalue weighted by Crippen LogP contribution is -2.59. The van der Waals surface area contributed by atoms with E-state index < -0.39 is 68.0 Å². The van der Waals surface area contributed by atoms with Crippen molar-refractivity contribution >= 4 is 11.7 Å². The molecule has 7 N–H and O–H groups in total. The maximum Gasteiger partial charge on any atom is 0.222 e. The van der Waals surface area contributed by atoms with Crippen LogP contribution in [0.25, 0.3) is 0 Å².